The van der Waals surface area contributed by atoms with Crippen molar-refractivity contribution in [1.82, 2.24) is 31.9 Å². The van der Waals surface area contributed by atoms with Crippen molar-refractivity contribution in [3.63, 3.8) is 0 Å². The van der Waals surface area contributed by atoms with Crippen LogP contribution < -0.4 is 31.9 Å². The highest BCUT2D eigenvalue weighted by Crippen LogP contribution is 2.41. The molecule has 1 aliphatic heterocycles. The van der Waals surface area contributed by atoms with E-state index in [1.807, 2.05) is 132 Å². The first kappa shape index (κ1) is 93.3. The van der Waals surface area contributed by atoms with Crippen molar-refractivity contribution >= 4 is 35.4 Å². The molecule has 0 aromatic rings. The Balaban J connectivity index is 3.48. The fourth-order valence-corrected chi connectivity index (χ4v) is 14.9. The van der Waals surface area contributed by atoms with Crippen molar-refractivity contribution in [3.8, 4) is 0 Å². The smallest absolute Gasteiger partial charge is 0.225 e. The van der Waals surface area contributed by atoms with E-state index in [9.17, 15) is 59.4 Å². The zero-order valence-corrected chi connectivity index (χ0v) is 66.3. The minimum absolute atomic E-state index is 0.00642. The number of amides is 6. The van der Waals surface area contributed by atoms with Gasteiger partial charge in [0.2, 0.25) is 35.4 Å². The number of nitrogens with one attached hydrogen (secondary N) is 6. The average molecular weight is 1420 g/mol. The molecule has 10 atom stereocenters. The summed E-state index contributed by atoms with van der Waals surface area (Å²) in [5.74, 6) is -1.84. The normalized spacial score (nSPS) is 20.0. The molecule has 25 nitrogen and oxygen atoms in total. The molecule has 0 spiro atoms. The number of aliphatic hydroxyl groups excluding tert-OH is 6. The Kier molecular flexibility index (Phi) is 36.1. The van der Waals surface area contributed by atoms with Gasteiger partial charge in [-0.25, -0.2) is 0 Å². The lowest BCUT2D eigenvalue weighted by molar-refractivity contribution is -0.276. The lowest BCUT2D eigenvalue weighted by atomic mass is 9.70. The van der Waals surface area contributed by atoms with Crippen molar-refractivity contribution in [3.05, 3.63) is 0 Å². The largest absolute Gasteiger partial charge is 0.394 e. The molecule has 0 radical (unpaired) electrons. The van der Waals surface area contributed by atoms with Gasteiger partial charge in [-0.05, 0) is 133 Å². The minimum atomic E-state index is -1.45. The molecule has 6 amide bonds. The summed E-state index contributed by atoms with van der Waals surface area (Å²) >= 11 is 0. The number of ether oxygens (including phenoxy) is 7. The van der Waals surface area contributed by atoms with Gasteiger partial charge in [0.15, 0.2) is 12.6 Å². The molecule has 582 valence electrons. The van der Waals surface area contributed by atoms with Gasteiger partial charge in [-0.2, -0.15) is 0 Å². The van der Waals surface area contributed by atoms with E-state index in [1.165, 1.54) is 20.8 Å². The maximum Gasteiger partial charge on any atom is 0.225 e. The van der Waals surface area contributed by atoms with Crippen molar-refractivity contribution in [2.75, 3.05) is 72.6 Å². The molecule has 1 fully saturated rings. The van der Waals surface area contributed by atoms with Crippen LogP contribution in [0.15, 0.2) is 0 Å². The van der Waals surface area contributed by atoms with Gasteiger partial charge in [0, 0.05) is 62.8 Å². The van der Waals surface area contributed by atoms with E-state index in [4.69, 9.17) is 33.2 Å². The molecule has 0 bridgehead atoms. The van der Waals surface area contributed by atoms with Crippen LogP contribution in [0.1, 0.15) is 245 Å². The lowest BCUT2D eigenvalue weighted by Gasteiger charge is -2.43. The average Bonchev–Trinajstić information content (AvgIpc) is 0.803. The third kappa shape index (κ3) is 36.0. The second kappa shape index (κ2) is 38.4. The van der Waals surface area contributed by atoms with E-state index >= 15 is 0 Å². The summed E-state index contributed by atoms with van der Waals surface area (Å²) in [7, 11) is 0. The van der Waals surface area contributed by atoms with Gasteiger partial charge in [0.1, 0.15) is 42.0 Å². The van der Waals surface area contributed by atoms with Crippen LogP contribution in [-0.4, -0.2) is 216 Å². The third-order valence-corrected chi connectivity index (χ3v) is 17.5. The van der Waals surface area contributed by atoms with E-state index in [1.54, 1.807) is 0 Å². The van der Waals surface area contributed by atoms with E-state index in [2.05, 4.69) is 66.5 Å². The van der Waals surface area contributed by atoms with Crippen LogP contribution in [0.5, 0.6) is 0 Å². The molecule has 0 aromatic heterocycles. The summed E-state index contributed by atoms with van der Waals surface area (Å²) in [6.45, 7) is 51.0. The van der Waals surface area contributed by atoms with E-state index in [0.717, 1.165) is 12.8 Å². The molecule has 1 heterocycles. The summed E-state index contributed by atoms with van der Waals surface area (Å²) in [4.78, 5) is 80.6. The van der Waals surface area contributed by atoms with Gasteiger partial charge < -0.3 is 95.7 Å². The predicted octanol–water partition coefficient (Wildman–Crippen LogP) is 6.89. The molecule has 0 saturated carbocycles. The van der Waals surface area contributed by atoms with Crippen LogP contribution in [0.2, 0.25) is 0 Å². The first-order valence-electron chi connectivity index (χ1n) is 35.7. The summed E-state index contributed by atoms with van der Waals surface area (Å²) < 4.78 is 43.9. The number of carbonyl (C=O) groups is 6. The zero-order valence-electron chi connectivity index (χ0n) is 66.3. The maximum absolute atomic E-state index is 14.4. The highest BCUT2D eigenvalue weighted by molar-refractivity contribution is 5.82. The third-order valence-electron chi connectivity index (χ3n) is 17.5. The van der Waals surface area contributed by atoms with Crippen molar-refractivity contribution in [2.45, 2.75) is 322 Å². The first-order chi connectivity index (χ1) is 44.7. The van der Waals surface area contributed by atoms with Gasteiger partial charge in [0.05, 0.1) is 70.2 Å². The number of carbonyl (C=O) groups excluding carboxylic acids is 6. The molecule has 12 N–H and O–H groups in total. The van der Waals surface area contributed by atoms with E-state index in [-0.39, 0.29) is 119 Å². The highest BCUT2D eigenvalue weighted by atomic mass is 16.7. The van der Waals surface area contributed by atoms with E-state index in [0.29, 0.717) is 12.8 Å². The van der Waals surface area contributed by atoms with Crippen molar-refractivity contribution in [2.24, 2.45) is 43.3 Å². The molecule has 8 unspecified atom stereocenters. The standard InChI is InChI=1S/C74H142N6O19/c1-28-93-45-74(80-55(88)31-29-30-54(87)79-71(22,23)38-64(8,9)35-63(5,6)7,46-96-72(24,25)39-69(18,19)61(91)75-41-65(10,11)36-67(14,15)43-94-59(51(32-81)77-49(3)85)98-52(33-82)48(2)84)47-97-73(26,27)40-70(20,21)62(92)76-42-66(12,13)37-68(16,17)44-95-60-56(78-50(4)86)58(90)57(89)53(34-83)99-60/h48,51-53,56-60,81-84,89-90H,28-47H2,1-27H3,(H,75,91)(H,76,92)(H,77,85)(H,78,86)(H,79,87)(H,80,88)/t48-,51+,52?,53?,56?,57?,58?,59?,60?,74?/m1/s1. The van der Waals surface area contributed by atoms with Crippen LogP contribution in [0.25, 0.3) is 0 Å². The molecule has 1 rings (SSSR count). The van der Waals surface area contributed by atoms with Gasteiger partial charge in [-0.3, -0.25) is 28.8 Å². The molecule has 1 saturated heterocycles. The van der Waals surface area contributed by atoms with Gasteiger partial charge >= 0.3 is 0 Å². The summed E-state index contributed by atoms with van der Waals surface area (Å²) in [5.41, 5.74) is -7.71. The van der Waals surface area contributed by atoms with Crippen LogP contribution in [0, 0.1) is 43.3 Å². The summed E-state index contributed by atoms with van der Waals surface area (Å²) in [6.07, 6.45) is -4.83. The number of aliphatic hydroxyl groups is 6. The molecule has 1 aliphatic rings. The molecule has 25 heteroatoms. The van der Waals surface area contributed by atoms with Crippen molar-refractivity contribution < 1.29 is 92.6 Å². The Morgan fingerprint density at radius 2 is 1.02 bits per heavy atom. The van der Waals surface area contributed by atoms with Gasteiger partial charge in [0.25, 0.3) is 0 Å². The first-order valence-corrected chi connectivity index (χ1v) is 35.7. The molecule has 0 aliphatic carbocycles. The monoisotopic (exact) mass is 1420 g/mol. The zero-order chi connectivity index (χ0) is 77.0. The number of hydrogen-bond donors (Lipinski definition) is 12. The minimum Gasteiger partial charge on any atom is -0.394 e. The lowest BCUT2D eigenvalue weighted by Crippen LogP contribution is -2.64. The number of hydrogen-bond acceptors (Lipinski definition) is 19. The van der Waals surface area contributed by atoms with Crippen molar-refractivity contribution in [1.29, 1.82) is 0 Å². The molecule has 99 heavy (non-hydrogen) atoms. The topological polar surface area (TPSA) is 361 Å². The maximum atomic E-state index is 14.4. The summed E-state index contributed by atoms with van der Waals surface area (Å²) in [6, 6.07) is -2.08. The Morgan fingerprint density at radius 3 is 1.43 bits per heavy atom. The second-order valence-electron chi connectivity index (χ2n) is 36.9. The van der Waals surface area contributed by atoms with Gasteiger partial charge in [-0.1, -0.05) is 118 Å². The Morgan fingerprint density at radius 1 is 0.545 bits per heavy atom. The van der Waals surface area contributed by atoms with Crippen LogP contribution >= 0.6 is 0 Å². The Hall–Kier alpha value is -3.70. The molecular weight excluding hydrogens is 1280 g/mol. The fraction of sp³-hybridized carbons (Fsp3) is 0.919. The Bertz CT molecular complexity index is 2510. The molecular formula is C74H142N6O19. The fourth-order valence-electron chi connectivity index (χ4n) is 14.9. The predicted molar refractivity (Wildman–Crippen MR) is 383 cm³/mol. The van der Waals surface area contributed by atoms with Crippen LogP contribution in [0.4, 0.5) is 0 Å². The van der Waals surface area contributed by atoms with Crippen LogP contribution in [0.3, 0.4) is 0 Å². The van der Waals surface area contributed by atoms with Crippen LogP contribution in [-0.2, 0) is 61.9 Å². The van der Waals surface area contributed by atoms with Gasteiger partial charge in [-0.15, -0.1) is 0 Å². The highest BCUT2D eigenvalue weighted by Gasteiger charge is 2.48. The summed E-state index contributed by atoms with van der Waals surface area (Å²) in [5, 5.41) is 79.4. The number of rotatable bonds is 47. The molecule has 0 aromatic carbocycles. The van der Waals surface area contributed by atoms with E-state index < -0.39 is 142 Å². The second-order valence-corrected chi connectivity index (χ2v) is 36.9. The quantitative estimate of drug-likeness (QED) is 0.0276. The Labute approximate surface area is 595 Å². The SMILES string of the molecule is CCOCC(COC(C)(C)CC(C)(C)C(=O)NCC(C)(C)CC(C)(C)COC1OC(CO)C(O)C(O)C1NC(C)=O)(COC(C)(C)CC(C)(C)C(=O)NCC(C)(C)CC(C)(C)COC(OC(CO)[C@@H](C)O)[C@H](CO)NC(C)=O)NC(=O)CCCC(=O)NC(C)(C)CC(C)(C)CC(C)(C)C.